The number of halogens is 1. The molecule has 2 aliphatic heterocycles. The highest BCUT2D eigenvalue weighted by atomic mass is 19.1. The molecule has 5 rings (SSSR count). The molecule has 0 aliphatic carbocycles. The standard InChI is InChI=1S/C26H32FN5O4/c1-18-21(15-31-12-4-2-5-13-31)24(29-35-18)26(33)32-14-6-3-7-22(32)25-28-23(36-30-25)17-34-16-19-8-10-20(27)11-9-19/h8-11,22H,2-7,12-17H2,1H3. The van der Waals surface area contributed by atoms with Crippen LogP contribution in [-0.2, 0) is 24.5 Å². The summed E-state index contributed by atoms with van der Waals surface area (Å²) in [6, 6.07) is 5.84. The number of benzene rings is 1. The topological polar surface area (TPSA) is 97.7 Å². The Balaban J connectivity index is 1.25. The van der Waals surface area contributed by atoms with Gasteiger partial charge in [0.1, 0.15) is 18.2 Å². The van der Waals surface area contributed by atoms with Crippen LogP contribution in [0, 0.1) is 12.7 Å². The number of hydrogen-bond donors (Lipinski definition) is 0. The molecule has 36 heavy (non-hydrogen) atoms. The molecule has 0 N–H and O–H groups in total. The zero-order valence-electron chi connectivity index (χ0n) is 20.6. The number of hydrogen-bond acceptors (Lipinski definition) is 8. The average Bonchev–Trinajstić information content (AvgIpc) is 3.52. The minimum absolute atomic E-state index is 0.132. The number of ether oxygens (including phenoxy) is 1. The third kappa shape index (κ3) is 5.65. The molecule has 1 atom stereocenters. The fourth-order valence-electron chi connectivity index (χ4n) is 4.96. The molecule has 0 spiro atoms. The molecule has 2 saturated heterocycles. The van der Waals surface area contributed by atoms with Gasteiger partial charge in [0.05, 0.1) is 12.6 Å². The van der Waals surface area contributed by atoms with Gasteiger partial charge in [0, 0.05) is 18.7 Å². The summed E-state index contributed by atoms with van der Waals surface area (Å²) in [5.74, 6) is 1.07. The number of nitrogens with zero attached hydrogens (tertiary/aromatic N) is 5. The maximum Gasteiger partial charge on any atom is 0.277 e. The minimum atomic E-state index is -0.291. The summed E-state index contributed by atoms with van der Waals surface area (Å²) < 4.78 is 29.6. The van der Waals surface area contributed by atoms with E-state index in [1.54, 1.807) is 17.0 Å². The van der Waals surface area contributed by atoms with Crippen LogP contribution in [-0.4, -0.2) is 50.6 Å². The molecule has 4 heterocycles. The number of amides is 1. The Morgan fingerprint density at radius 3 is 2.61 bits per heavy atom. The second-order valence-electron chi connectivity index (χ2n) is 9.58. The molecule has 1 amide bonds. The first-order valence-electron chi connectivity index (χ1n) is 12.7. The lowest BCUT2D eigenvalue weighted by Gasteiger charge is -2.33. The van der Waals surface area contributed by atoms with Gasteiger partial charge in [-0.25, -0.2) is 4.39 Å². The number of carbonyl (C=O) groups excluding carboxylic acids is 1. The first-order chi connectivity index (χ1) is 17.6. The van der Waals surface area contributed by atoms with E-state index in [1.165, 1.54) is 31.4 Å². The van der Waals surface area contributed by atoms with Crippen molar-refractivity contribution in [1.29, 1.82) is 0 Å². The lowest BCUT2D eigenvalue weighted by molar-refractivity contribution is 0.0584. The number of likely N-dealkylation sites (tertiary alicyclic amines) is 2. The molecule has 2 aliphatic rings. The Kier molecular flexibility index (Phi) is 7.72. The fourth-order valence-corrected chi connectivity index (χ4v) is 4.96. The van der Waals surface area contributed by atoms with Crippen molar-refractivity contribution >= 4 is 5.91 Å². The van der Waals surface area contributed by atoms with E-state index >= 15 is 0 Å². The van der Waals surface area contributed by atoms with E-state index in [0.29, 0.717) is 42.9 Å². The lowest BCUT2D eigenvalue weighted by atomic mass is 10.00. The van der Waals surface area contributed by atoms with Crippen molar-refractivity contribution in [2.24, 2.45) is 0 Å². The van der Waals surface area contributed by atoms with Gasteiger partial charge in [-0.1, -0.05) is 28.9 Å². The molecule has 10 heteroatoms. The Morgan fingerprint density at radius 1 is 1.03 bits per heavy atom. The Labute approximate surface area is 209 Å². The molecule has 3 aromatic rings. The molecule has 2 fully saturated rings. The predicted octanol–water partition coefficient (Wildman–Crippen LogP) is 4.58. The second kappa shape index (κ2) is 11.3. The molecule has 192 valence electrons. The second-order valence-corrected chi connectivity index (χ2v) is 9.58. The SMILES string of the molecule is Cc1onc(C(=O)N2CCCCC2c2noc(COCc3ccc(F)cc3)n2)c1CN1CCCCC1. The monoisotopic (exact) mass is 497 g/mol. The molecular weight excluding hydrogens is 465 g/mol. The van der Waals surface area contributed by atoms with Gasteiger partial charge in [0.25, 0.3) is 11.8 Å². The summed E-state index contributed by atoms with van der Waals surface area (Å²) in [5, 5.41) is 8.33. The molecule has 0 saturated carbocycles. The summed E-state index contributed by atoms with van der Waals surface area (Å²) in [6.07, 6.45) is 6.23. The van der Waals surface area contributed by atoms with Gasteiger partial charge in [0.2, 0.25) is 0 Å². The maximum absolute atomic E-state index is 13.7. The van der Waals surface area contributed by atoms with Crippen molar-refractivity contribution in [3.05, 3.63) is 64.4 Å². The average molecular weight is 498 g/mol. The van der Waals surface area contributed by atoms with Gasteiger partial charge in [-0.15, -0.1) is 0 Å². The van der Waals surface area contributed by atoms with Gasteiger partial charge >= 0.3 is 0 Å². The van der Waals surface area contributed by atoms with Crippen LogP contribution in [0.5, 0.6) is 0 Å². The Bertz CT molecular complexity index is 1160. The predicted molar refractivity (Wildman–Crippen MR) is 127 cm³/mol. The van der Waals surface area contributed by atoms with Crippen LogP contribution in [0.4, 0.5) is 4.39 Å². The van der Waals surface area contributed by atoms with Crippen LogP contribution >= 0.6 is 0 Å². The van der Waals surface area contributed by atoms with Gasteiger partial charge in [-0.05, 0) is 69.8 Å². The van der Waals surface area contributed by atoms with E-state index in [0.717, 1.165) is 43.5 Å². The van der Waals surface area contributed by atoms with Crippen molar-refractivity contribution in [2.75, 3.05) is 19.6 Å². The van der Waals surface area contributed by atoms with Crippen LogP contribution in [0.3, 0.4) is 0 Å². The van der Waals surface area contributed by atoms with Gasteiger partial charge in [-0.3, -0.25) is 9.69 Å². The van der Waals surface area contributed by atoms with E-state index in [4.69, 9.17) is 13.8 Å². The highest BCUT2D eigenvalue weighted by Crippen LogP contribution is 2.32. The molecule has 0 bridgehead atoms. The summed E-state index contributed by atoms with van der Waals surface area (Å²) in [4.78, 5) is 22.4. The third-order valence-corrected chi connectivity index (χ3v) is 6.97. The summed E-state index contributed by atoms with van der Waals surface area (Å²) >= 11 is 0. The van der Waals surface area contributed by atoms with E-state index in [-0.39, 0.29) is 24.4 Å². The summed E-state index contributed by atoms with van der Waals surface area (Å²) in [6.45, 7) is 5.63. The smallest absolute Gasteiger partial charge is 0.277 e. The zero-order chi connectivity index (χ0) is 24.9. The number of aryl methyl sites for hydroxylation is 1. The van der Waals surface area contributed by atoms with Gasteiger partial charge in [0.15, 0.2) is 11.5 Å². The highest BCUT2D eigenvalue weighted by molar-refractivity contribution is 5.94. The maximum atomic E-state index is 13.7. The third-order valence-electron chi connectivity index (χ3n) is 6.97. The summed E-state index contributed by atoms with van der Waals surface area (Å²) in [5.41, 5.74) is 2.11. The molecule has 1 unspecified atom stereocenters. The van der Waals surface area contributed by atoms with Crippen molar-refractivity contribution in [3.63, 3.8) is 0 Å². The van der Waals surface area contributed by atoms with Crippen molar-refractivity contribution in [2.45, 2.75) is 71.2 Å². The van der Waals surface area contributed by atoms with E-state index < -0.39 is 0 Å². The molecular formula is C26H32FN5O4. The summed E-state index contributed by atoms with van der Waals surface area (Å²) in [7, 11) is 0. The molecule has 9 nitrogen and oxygen atoms in total. The van der Waals surface area contributed by atoms with E-state index in [9.17, 15) is 9.18 Å². The number of rotatable bonds is 8. The fraction of sp³-hybridized carbons (Fsp3) is 0.538. The van der Waals surface area contributed by atoms with Crippen LogP contribution in [0.25, 0.3) is 0 Å². The first kappa shape index (κ1) is 24.6. The molecule has 1 aromatic carbocycles. The zero-order valence-corrected chi connectivity index (χ0v) is 20.6. The normalized spacial score (nSPS) is 19.1. The largest absolute Gasteiger partial charge is 0.367 e. The van der Waals surface area contributed by atoms with Crippen molar-refractivity contribution in [1.82, 2.24) is 25.1 Å². The number of piperidine rings is 2. The van der Waals surface area contributed by atoms with E-state index in [2.05, 4.69) is 20.2 Å². The van der Waals surface area contributed by atoms with Gasteiger partial charge < -0.3 is 18.7 Å². The minimum Gasteiger partial charge on any atom is -0.367 e. The molecule has 0 radical (unpaired) electrons. The van der Waals surface area contributed by atoms with Crippen LogP contribution in [0.15, 0.2) is 33.3 Å². The van der Waals surface area contributed by atoms with Crippen molar-refractivity contribution in [3.8, 4) is 0 Å². The van der Waals surface area contributed by atoms with Crippen molar-refractivity contribution < 1.29 is 23.0 Å². The van der Waals surface area contributed by atoms with Crippen LogP contribution < -0.4 is 0 Å². The van der Waals surface area contributed by atoms with Crippen LogP contribution in [0.1, 0.15) is 83.7 Å². The van der Waals surface area contributed by atoms with E-state index in [1.807, 2.05) is 6.92 Å². The Hall–Kier alpha value is -3.11. The Morgan fingerprint density at radius 2 is 1.81 bits per heavy atom. The first-order valence-corrected chi connectivity index (χ1v) is 12.7. The highest BCUT2D eigenvalue weighted by Gasteiger charge is 2.35. The number of aromatic nitrogens is 3. The van der Waals surface area contributed by atoms with Crippen LogP contribution in [0.2, 0.25) is 0 Å². The molecule has 2 aromatic heterocycles. The van der Waals surface area contributed by atoms with Gasteiger partial charge in [-0.2, -0.15) is 4.98 Å². The number of carbonyl (C=O) groups is 1. The lowest BCUT2D eigenvalue weighted by Crippen LogP contribution is -2.40. The quantitative estimate of drug-likeness (QED) is 0.446.